The fourth-order valence-electron chi connectivity index (χ4n) is 9.78. The number of fused-ring (bicyclic) bond motifs is 14. The van der Waals surface area contributed by atoms with Gasteiger partial charge in [0.05, 0.1) is 50.2 Å². The molecule has 0 atom stereocenters. The second kappa shape index (κ2) is 12.3. The van der Waals surface area contributed by atoms with Crippen molar-refractivity contribution in [3.63, 3.8) is 0 Å². The third-order valence-electron chi connectivity index (χ3n) is 12.4. The Labute approximate surface area is 342 Å². The highest BCUT2D eigenvalue weighted by Gasteiger charge is 2.23. The molecule has 0 saturated carbocycles. The number of nitriles is 1. The molecular weight excluding hydrogens is 735 g/mol. The van der Waals surface area contributed by atoms with Crippen LogP contribution in [0.3, 0.4) is 0 Å². The number of benzene rings is 9. The van der Waals surface area contributed by atoms with Gasteiger partial charge >= 0.3 is 0 Å². The van der Waals surface area contributed by atoms with Crippen molar-refractivity contribution in [2.24, 2.45) is 0 Å². The van der Waals surface area contributed by atoms with Gasteiger partial charge < -0.3 is 18.0 Å². The smallest absolute Gasteiger partial charge is 0.145 e. The number of para-hydroxylation sites is 4. The monoisotopic (exact) mass is 765 g/mol. The third-order valence-corrected chi connectivity index (χ3v) is 12.4. The summed E-state index contributed by atoms with van der Waals surface area (Å²) < 4.78 is 18.1. The summed E-state index contributed by atoms with van der Waals surface area (Å²) in [6.07, 6.45) is 0. The fraction of sp³-hybridized carbons (Fsp3) is 0. The minimum absolute atomic E-state index is 0.646. The zero-order chi connectivity index (χ0) is 39.5. The highest BCUT2D eigenvalue weighted by molar-refractivity contribution is 6.25. The van der Waals surface area contributed by atoms with E-state index in [2.05, 4.69) is 155 Å². The van der Waals surface area contributed by atoms with E-state index < -0.39 is 0 Å². The molecule has 0 fully saturated rings. The van der Waals surface area contributed by atoms with Gasteiger partial charge in [-0.2, -0.15) is 5.26 Å². The first-order valence-corrected chi connectivity index (χ1v) is 20.1. The first-order valence-electron chi connectivity index (χ1n) is 20.1. The Balaban J connectivity index is 1.14. The van der Waals surface area contributed by atoms with Crippen LogP contribution in [0.1, 0.15) is 5.56 Å². The summed E-state index contributed by atoms with van der Waals surface area (Å²) in [6, 6.07) is 68.3. The van der Waals surface area contributed by atoms with Gasteiger partial charge in [-0.15, -0.1) is 0 Å². The molecule has 278 valence electrons. The van der Waals surface area contributed by atoms with E-state index in [0.29, 0.717) is 5.56 Å². The number of rotatable bonds is 4. The molecule has 5 nitrogen and oxygen atoms in total. The molecule has 0 saturated heterocycles. The van der Waals surface area contributed by atoms with E-state index in [9.17, 15) is 5.26 Å². The SMILES string of the molecule is N#Cc1ccccc1-c1cccc(-c2ccc(-n3c4ccccc4c4c5oc6ccccc6c5ccc43)cc2-n2c3ccccc3c3c4oc5ccccc5c4ccc32)c1. The summed E-state index contributed by atoms with van der Waals surface area (Å²) >= 11 is 0. The zero-order valence-corrected chi connectivity index (χ0v) is 32.1. The van der Waals surface area contributed by atoms with Gasteiger partial charge in [-0.05, 0) is 89.5 Å². The van der Waals surface area contributed by atoms with Gasteiger partial charge in [-0.1, -0.05) is 115 Å². The Hall–Kier alpha value is -8.33. The summed E-state index contributed by atoms with van der Waals surface area (Å²) in [5.41, 5.74) is 14.5. The minimum Gasteiger partial charge on any atom is -0.455 e. The second-order valence-electron chi connectivity index (χ2n) is 15.5. The van der Waals surface area contributed by atoms with Crippen molar-refractivity contribution in [1.29, 1.82) is 5.26 Å². The molecule has 4 heterocycles. The van der Waals surface area contributed by atoms with E-state index in [1.807, 2.05) is 48.5 Å². The van der Waals surface area contributed by atoms with Crippen molar-refractivity contribution < 1.29 is 8.83 Å². The fourth-order valence-corrected chi connectivity index (χ4v) is 9.78. The molecule has 60 heavy (non-hydrogen) atoms. The molecule has 0 bridgehead atoms. The molecule has 4 aromatic heterocycles. The third kappa shape index (κ3) is 4.50. The van der Waals surface area contributed by atoms with Gasteiger partial charge in [0.25, 0.3) is 0 Å². The van der Waals surface area contributed by atoms with E-state index in [1.54, 1.807) is 0 Å². The minimum atomic E-state index is 0.646. The van der Waals surface area contributed by atoms with Crippen molar-refractivity contribution in [3.8, 4) is 39.7 Å². The lowest BCUT2D eigenvalue weighted by Crippen LogP contribution is -2.01. The maximum absolute atomic E-state index is 10.1. The highest BCUT2D eigenvalue weighted by atomic mass is 16.3. The summed E-state index contributed by atoms with van der Waals surface area (Å²) in [6.45, 7) is 0. The average Bonchev–Trinajstić information content (AvgIpc) is 4.06. The molecular formula is C55H31N3O2. The summed E-state index contributed by atoms with van der Waals surface area (Å²) in [5.74, 6) is 0. The molecule has 0 amide bonds. The standard InChI is InChI=1S/C55H31N3O2/c56-32-35-12-1-2-15-37(35)33-13-11-14-34(30-33)38-25-24-36(57-45-20-7-3-18-43(45)52-47(57)28-26-41-39-16-5-9-22-50(39)59-54(41)52)31-49(38)58-46-21-8-4-19-44(46)53-48(58)29-27-42-40-17-6-10-23-51(40)60-55(42)53/h1-31H. The number of hydrogen-bond donors (Lipinski definition) is 0. The Morgan fingerprint density at radius 3 is 1.57 bits per heavy atom. The Kier molecular flexibility index (Phi) is 6.73. The normalized spacial score (nSPS) is 12.0. The van der Waals surface area contributed by atoms with E-state index in [0.717, 1.165) is 121 Å². The van der Waals surface area contributed by atoms with Gasteiger partial charge in [-0.3, -0.25) is 0 Å². The quantitative estimate of drug-likeness (QED) is 0.179. The molecule has 0 aliphatic carbocycles. The van der Waals surface area contributed by atoms with Crippen LogP contribution in [0, 0.1) is 11.3 Å². The first-order chi connectivity index (χ1) is 29.7. The van der Waals surface area contributed by atoms with Crippen LogP contribution in [0.4, 0.5) is 0 Å². The van der Waals surface area contributed by atoms with E-state index in [4.69, 9.17) is 8.83 Å². The van der Waals surface area contributed by atoms with Gasteiger partial charge in [-0.25, -0.2) is 0 Å². The number of furan rings is 2. The molecule has 13 rings (SSSR count). The van der Waals surface area contributed by atoms with Crippen LogP contribution in [-0.4, -0.2) is 9.13 Å². The summed E-state index contributed by atoms with van der Waals surface area (Å²) in [7, 11) is 0. The van der Waals surface area contributed by atoms with Crippen LogP contribution >= 0.6 is 0 Å². The topological polar surface area (TPSA) is 59.9 Å². The average molecular weight is 766 g/mol. The van der Waals surface area contributed by atoms with Crippen LogP contribution in [0.5, 0.6) is 0 Å². The molecule has 0 aliphatic heterocycles. The molecule has 0 unspecified atom stereocenters. The summed E-state index contributed by atoms with van der Waals surface area (Å²) in [4.78, 5) is 0. The van der Waals surface area contributed by atoms with Crippen molar-refractivity contribution >= 4 is 87.5 Å². The van der Waals surface area contributed by atoms with Crippen LogP contribution in [0.2, 0.25) is 0 Å². The molecule has 13 aromatic rings. The van der Waals surface area contributed by atoms with E-state index in [-0.39, 0.29) is 0 Å². The molecule has 0 N–H and O–H groups in total. The van der Waals surface area contributed by atoms with Crippen LogP contribution in [0.15, 0.2) is 197 Å². The van der Waals surface area contributed by atoms with Crippen LogP contribution in [0.25, 0.3) is 121 Å². The Morgan fingerprint density at radius 1 is 0.383 bits per heavy atom. The maximum atomic E-state index is 10.1. The predicted octanol–water partition coefficient (Wildman–Crippen LogP) is 14.9. The number of nitrogens with zero attached hydrogens (tertiary/aromatic N) is 3. The summed E-state index contributed by atoms with van der Waals surface area (Å²) in [5, 5.41) is 18.9. The van der Waals surface area contributed by atoms with E-state index >= 15 is 0 Å². The molecule has 0 spiro atoms. The van der Waals surface area contributed by atoms with Crippen LogP contribution < -0.4 is 0 Å². The largest absolute Gasteiger partial charge is 0.455 e. The molecule has 0 radical (unpaired) electrons. The molecule has 5 heteroatoms. The van der Waals surface area contributed by atoms with E-state index in [1.165, 1.54) is 0 Å². The van der Waals surface area contributed by atoms with Crippen LogP contribution in [-0.2, 0) is 0 Å². The number of aromatic nitrogens is 2. The molecule has 0 aliphatic rings. The van der Waals surface area contributed by atoms with Gasteiger partial charge in [0.2, 0.25) is 0 Å². The van der Waals surface area contributed by atoms with Crippen molar-refractivity contribution in [2.75, 3.05) is 0 Å². The lowest BCUT2D eigenvalue weighted by Gasteiger charge is -2.18. The number of hydrogen-bond acceptors (Lipinski definition) is 3. The van der Waals surface area contributed by atoms with Gasteiger partial charge in [0.15, 0.2) is 0 Å². The van der Waals surface area contributed by atoms with Crippen molar-refractivity contribution in [3.05, 3.63) is 194 Å². The lowest BCUT2D eigenvalue weighted by atomic mass is 9.95. The predicted molar refractivity (Wildman–Crippen MR) is 245 cm³/mol. The molecule has 9 aromatic carbocycles. The van der Waals surface area contributed by atoms with Crippen molar-refractivity contribution in [1.82, 2.24) is 9.13 Å². The highest BCUT2D eigenvalue weighted by Crippen LogP contribution is 2.45. The van der Waals surface area contributed by atoms with Gasteiger partial charge in [0, 0.05) is 43.6 Å². The zero-order valence-electron chi connectivity index (χ0n) is 32.1. The Morgan fingerprint density at radius 2 is 0.917 bits per heavy atom. The van der Waals surface area contributed by atoms with Gasteiger partial charge in [0.1, 0.15) is 22.3 Å². The Bertz CT molecular complexity index is 3980. The second-order valence-corrected chi connectivity index (χ2v) is 15.5. The van der Waals surface area contributed by atoms with Crippen molar-refractivity contribution in [2.45, 2.75) is 0 Å². The lowest BCUT2D eigenvalue weighted by molar-refractivity contribution is 0.672. The maximum Gasteiger partial charge on any atom is 0.145 e. The first kappa shape index (κ1) is 32.7.